The van der Waals surface area contributed by atoms with E-state index >= 15 is 0 Å². The monoisotopic (exact) mass is 338 g/mol. The number of alkyl halides is 3. The van der Waals surface area contributed by atoms with E-state index in [9.17, 15) is 22.4 Å². The predicted molar refractivity (Wildman–Crippen MR) is 82.7 cm³/mol. The van der Waals surface area contributed by atoms with E-state index in [0.717, 1.165) is 12.1 Å². The molecule has 2 amide bonds. The third-order valence-corrected chi connectivity index (χ3v) is 3.96. The summed E-state index contributed by atoms with van der Waals surface area (Å²) in [5.41, 5.74) is 0.204. The average molecular weight is 338 g/mol. The van der Waals surface area contributed by atoms with Gasteiger partial charge in [-0.2, -0.15) is 13.2 Å². The zero-order chi connectivity index (χ0) is 17.5. The molecule has 1 fully saturated rings. The van der Waals surface area contributed by atoms with Crippen molar-refractivity contribution in [3.63, 3.8) is 0 Å². The molecule has 2 aromatic carbocycles. The molecule has 1 saturated heterocycles. The fraction of sp³-hybridized carbons (Fsp3) is 0.235. The van der Waals surface area contributed by atoms with Gasteiger partial charge in [0.2, 0.25) is 0 Å². The molecular weight excluding hydrogens is 324 g/mol. The topological polar surface area (TPSA) is 23.6 Å². The summed E-state index contributed by atoms with van der Waals surface area (Å²) in [5, 5.41) is 0. The second-order valence-corrected chi connectivity index (χ2v) is 5.57. The maximum Gasteiger partial charge on any atom is 0.416 e. The molecular formula is C17H14F4N2O. The summed E-state index contributed by atoms with van der Waals surface area (Å²) in [5.74, 6) is -0.433. The van der Waals surface area contributed by atoms with Crippen LogP contribution in [0.4, 0.5) is 33.7 Å². The van der Waals surface area contributed by atoms with Crippen LogP contribution in [0.5, 0.6) is 0 Å². The fourth-order valence-corrected chi connectivity index (χ4v) is 2.62. The summed E-state index contributed by atoms with van der Waals surface area (Å²) in [7, 11) is 0. The molecule has 3 nitrogen and oxygen atoms in total. The van der Waals surface area contributed by atoms with Crippen molar-refractivity contribution < 1.29 is 22.4 Å². The van der Waals surface area contributed by atoms with Gasteiger partial charge in [-0.25, -0.2) is 9.18 Å². The van der Waals surface area contributed by atoms with Crippen LogP contribution >= 0.6 is 0 Å². The van der Waals surface area contributed by atoms with Crippen molar-refractivity contribution in [3.05, 3.63) is 59.4 Å². The second kappa shape index (κ2) is 5.81. The first kappa shape index (κ1) is 16.3. The average Bonchev–Trinajstić information content (AvgIpc) is 2.91. The second-order valence-electron chi connectivity index (χ2n) is 5.57. The first-order valence-electron chi connectivity index (χ1n) is 7.30. The van der Waals surface area contributed by atoms with Crippen LogP contribution in [0.2, 0.25) is 0 Å². The lowest BCUT2D eigenvalue weighted by atomic mass is 10.2. The molecule has 0 unspecified atom stereocenters. The molecule has 1 aliphatic heterocycles. The zero-order valence-corrected chi connectivity index (χ0v) is 12.8. The summed E-state index contributed by atoms with van der Waals surface area (Å²) in [6.07, 6.45) is -4.47. The van der Waals surface area contributed by atoms with Gasteiger partial charge in [0, 0.05) is 24.5 Å². The molecule has 7 heteroatoms. The number of amides is 2. The third-order valence-electron chi connectivity index (χ3n) is 3.96. The van der Waals surface area contributed by atoms with Crippen LogP contribution in [0.15, 0.2) is 42.5 Å². The molecule has 0 N–H and O–H groups in total. The highest BCUT2D eigenvalue weighted by molar-refractivity contribution is 6.06. The molecule has 0 bridgehead atoms. The highest BCUT2D eigenvalue weighted by atomic mass is 19.4. The number of hydrogen-bond donors (Lipinski definition) is 0. The molecule has 24 heavy (non-hydrogen) atoms. The van der Waals surface area contributed by atoms with E-state index in [2.05, 4.69) is 0 Å². The van der Waals surface area contributed by atoms with Crippen molar-refractivity contribution in [1.29, 1.82) is 0 Å². The van der Waals surface area contributed by atoms with Crippen LogP contribution in [0.1, 0.15) is 11.1 Å². The van der Waals surface area contributed by atoms with Gasteiger partial charge in [-0.3, -0.25) is 9.80 Å². The van der Waals surface area contributed by atoms with Crippen molar-refractivity contribution in [2.24, 2.45) is 0 Å². The molecule has 126 valence electrons. The van der Waals surface area contributed by atoms with Gasteiger partial charge >= 0.3 is 12.2 Å². The van der Waals surface area contributed by atoms with E-state index in [1.54, 1.807) is 19.1 Å². The summed E-state index contributed by atoms with van der Waals surface area (Å²) in [6.45, 7) is 2.12. The Hall–Kier alpha value is -2.57. The molecule has 2 aromatic rings. The lowest BCUT2D eigenvalue weighted by Crippen LogP contribution is -2.31. The summed E-state index contributed by atoms with van der Waals surface area (Å²) < 4.78 is 52.1. The van der Waals surface area contributed by atoms with Gasteiger partial charge < -0.3 is 0 Å². The molecule has 0 radical (unpaired) electrons. The standard InChI is InChI=1S/C17H14F4N2O/c1-11-5-6-14(10-15(11)18)23-8-7-22(16(23)24)13-4-2-3-12(9-13)17(19,20)21/h2-6,9-10H,7-8H2,1H3. The van der Waals surface area contributed by atoms with E-state index in [0.29, 0.717) is 11.3 Å². The van der Waals surface area contributed by atoms with Gasteiger partial charge in [-0.1, -0.05) is 12.1 Å². The number of halogens is 4. The smallest absolute Gasteiger partial charge is 0.292 e. The summed E-state index contributed by atoms with van der Waals surface area (Å²) in [4.78, 5) is 15.1. The predicted octanol–water partition coefficient (Wildman–Crippen LogP) is 4.60. The minimum absolute atomic E-state index is 0.171. The lowest BCUT2D eigenvalue weighted by Gasteiger charge is -2.20. The number of anilines is 2. The summed E-state index contributed by atoms with van der Waals surface area (Å²) in [6, 6.07) is 8.57. The number of hydrogen-bond acceptors (Lipinski definition) is 1. The van der Waals surface area contributed by atoms with E-state index in [1.165, 1.54) is 28.0 Å². The van der Waals surface area contributed by atoms with Gasteiger partial charge in [-0.05, 0) is 42.8 Å². The Morgan fingerprint density at radius 3 is 2.17 bits per heavy atom. The molecule has 0 saturated carbocycles. The Morgan fingerprint density at radius 2 is 1.58 bits per heavy atom. The van der Waals surface area contributed by atoms with Gasteiger partial charge in [-0.15, -0.1) is 0 Å². The Morgan fingerprint density at radius 1 is 0.958 bits per heavy atom. The Kier molecular flexibility index (Phi) is 3.95. The molecule has 0 aliphatic carbocycles. The number of carbonyl (C=O) groups excluding carboxylic acids is 1. The normalized spacial score (nSPS) is 15.3. The van der Waals surface area contributed by atoms with Gasteiger partial charge in [0.1, 0.15) is 5.82 Å². The Labute approximate surface area is 136 Å². The highest BCUT2D eigenvalue weighted by Gasteiger charge is 2.34. The molecule has 0 aromatic heterocycles. The summed E-state index contributed by atoms with van der Waals surface area (Å²) >= 11 is 0. The van der Waals surface area contributed by atoms with Crippen LogP contribution in [0.3, 0.4) is 0 Å². The number of nitrogens with zero attached hydrogens (tertiary/aromatic N) is 2. The van der Waals surface area contributed by atoms with E-state index in [1.807, 2.05) is 0 Å². The van der Waals surface area contributed by atoms with Crippen LogP contribution in [-0.2, 0) is 6.18 Å². The first-order chi connectivity index (χ1) is 11.3. The van der Waals surface area contributed by atoms with Crippen LogP contribution in [-0.4, -0.2) is 19.1 Å². The van der Waals surface area contributed by atoms with Crippen molar-refractivity contribution in [3.8, 4) is 0 Å². The largest absolute Gasteiger partial charge is 0.416 e. The number of carbonyl (C=O) groups is 1. The van der Waals surface area contributed by atoms with Gasteiger partial charge in [0.25, 0.3) is 0 Å². The van der Waals surface area contributed by atoms with E-state index in [-0.39, 0.29) is 18.8 Å². The molecule has 0 atom stereocenters. The molecule has 3 rings (SSSR count). The number of urea groups is 1. The molecule has 1 heterocycles. The van der Waals surface area contributed by atoms with Crippen molar-refractivity contribution >= 4 is 17.4 Å². The maximum atomic E-state index is 13.7. The van der Waals surface area contributed by atoms with Crippen molar-refractivity contribution in [2.75, 3.05) is 22.9 Å². The van der Waals surface area contributed by atoms with Crippen LogP contribution in [0, 0.1) is 12.7 Å². The number of rotatable bonds is 2. The van der Waals surface area contributed by atoms with Crippen LogP contribution < -0.4 is 9.80 Å². The van der Waals surface area contributed by atoms with E-state index < -0.39 is 23.6 Å². The number of aryl methyl sites for hydroxylation is 1. The maximum absolute atomic E-state index is 13.7. The first-order valence-corrected chi connectivity index (χ1v) is 7.30. The van der Waals surface area contributed by atoms with Gasteiger partial charge in [0.15, 0.2) is 0 Å². The Balaban J connectivity index is 1.88. The minimum atomic E-state index is -4.47. The quantitative estimate of drug-likeness (QED) is 0.734. The van der Waals surface area contributed by atoms with Crippen LogP contribution in [0.25, 0.3) is 0 Å². The SMILES string of the molecule is Cc1ccc(N2CCN(c3cccc(C(F)(F)F)c3)C2=O)cc1F. The molecule has 1 aliphatic rings. The minimum Gasteiger partial charge on any atom is -0.292 e. The van der Waals surface area contributed by atoms with E-state index in [4.69, 9.17) is 0 Å². The third kappa shape index (κ3) is 2.93. The Bertz CT molecular complexity index is 788. The van der Waals surface area contributed by atoms with Gasteiger partial charge in [0.05, 0.1) is 5.56 Å². The van der Waals surface area contributed by atoms with Crippen molar-refractivity contribution in [1.82, 2.24) is 0 Å². The highest BCUT2D eigenvalue weighted by Crippen LogP contribution is 2.33. The zero-order valence-electron chi connectivity index (χ0n) is 12.8. The number of benzene rings is 2. The lowest BCUT2D eigenvalue weighted by molar-refractivity contribution is -0.137. The molecule has 0 spiro atoms. The fourth-order valence-electron chi connectivity index (χ4n) is 2.62. The van der Waals surface area contributed by atoms with Crippen molar-refractivity contribution in [2.45, 2.75) is 13.1 Å².